The maximum Gasteiger partial charge on any atom is 0.304 e. The van der Waals surface area contributed by atoms with E-state index in [2.05, 4.69) is 0 Å². The zero-order valence-electron chi connectivity index (χ0n) is 8.06. The number of carboxylic acids is 1. The molecule has 1 rings (SSSR count). The van der Waals surface area contributed by atoms with Crippen molar-refractivity contribution in [3.63, 3.8) is 0 Å². The number of hydrogen-bond acceptors (Lipinski definition) is 3. The van der Waals surface area contributed by atoms with Gasteiger partial charge in [0.25, 0.3) is 0 Å². The Morgan fingerprint density at radius 3 is 2.33 bits per heavy atom. The third-order valence-electron chi connectivity index (χ3n) is 2.13. The molecule has 15 heavy (non-hydrogen) atoms. The zero-order chi connectivity index (χ0) is 11.4. The minimum atomic E-state index is -1.000. The molecule has 0 aliphatic heterocycles. The zero-order valence-corrected chi connectivity index (χ0v) is 8.06. The van der Waals surface area contributed by atoms with Crippen molar-refractivity contribution in [1.29, 1.82) is 0 Å². The van der Waals surface area contributed by atoms with Crippen LogP contribution >= 0.6 is 0 Å². The molecule has 5 N–H and O–H groups in total. The molecule has 2 atom stereocenters. The predicted molar refractivity (Wildman–Crippen MR) is 53.6 cm³/mol. The Labute approximate surface area is 86.7 Å². The van der Waals surface area contributed by atoms with Crippen LogP contribution < -0.4 is 11.5 Å². The Morgan fingerprint density at radius 2 is 1.87 bits per heavy atom. The highest BCUT2D eigenvalue weighted by atomic mass is 19.1. The van der Waals surface area contributed by atoms with Crippen molar-refractivity contribution in [3.05, 3.63) is 35.6 Å². The Balaban J connectivity index is 2.71. The van der Waals surface area contributed by atoms with Gasteiger partial charge in [-0.2, -0.15) is 0 Å². The van der Waals surface area contributed by atoms with Crippen LogP contribution in [0.1, 0.15) is 18.0 Å². The van der Waals surface area contributed by atoms with Gasteiger partial charge in [0.1, 0.15) is 5.82 Å². The number of halogens is 1. The molecule has 0 saturated carbocycles. The number of carbonyl (C=O) groups is 1. The molecule has 0 aliphatic carbocycles. The van der Waals surface area contributed by atoms with Gasteiger partial charge < -0.3 is 16.6 Å². The predicted octanol–water partition coefficient (Wildman–Crippen LogP) is 0.627. The van der Waals surface area contributed by atoms with Crippen LogP contribution in [0.2, 0.25) is 0 Å². The van der Waals surface area contributed by atoms with E-state index in [9.17, 15) is 9.18 Å². The van der Waals surface area contributed by atoms with Crippen molar-refractivity contribution < 1.29 is 14.3 Å². The number of carboxylic acid groups (broad SMARTS) is 1. The Bertz CT molecular complexity index is 340. The van der Waals surface area contributed by atoms with Crippen LogP contribution in [0.15, 0.2) is 24.3 Å². The van der Waals surface area contributed by atoms with E-state index in [4.69, 9.17) is 16.6 Å². The Hall–Kier alpha value is -1.46. The second-order valence-corrected chi connectivity index (χ2v) is 3.34. The van der Waals surface area contributed by atoms with Gasteiger partial charge in [0.2, 0.25) is 0 Å². The van der Waals surface area contributed by atoms with Gasteiger partial charge in [0, 0.05) is 12.1 Å². The summed E-state index contributed by atoms with van der Waals surface area (Å²) in [6.07, 6.45) is -0.210. The molecule has 0 aromatic heterocycles. The molecule has 0 saturated heterocycles. The maximum absolute atomic E-state index is 12.6. The van der Waals surface area contributed by atoms with Gasteiger partial charge in [-0.25, -0.2) is 4.39 Å². The molecule has 0 radical (unpaired) electrons. The molecule has 0 bridgehead atoms. The number of nitrogens with two attached hydrogens (primary N) is 2. The van der Waals surface area contributed by atoms with Gasteiger partial charge in [-0.3, -0.25) is 4.79 Å². The van der Waals surface area contributed by atoms with Crippen molar-refractivity contribution in [2.24, 2.45) is 11.5 Å². The average Bonchev–Trinajstić information content (AvgIpc) is 2.17. The van der Waals surface area contributed by atoms with E-state index in [0.717, 1.165) is 0 Å². The summed E-state index contributed by atoms with van der Waals surface area (Å²) in [6.45, 7) is 0. The quantitative estimate of drug-likeness (QED) is 0.682. The number of benzene rings is 1. The van der Waals surface area contributed by atoms with Crippen LogP contribution in [-0.4, -0.2) is 17.1 Å². The summed E-state index contributed by atoms with van der Waals surface area (Å²) in [5, 5.41) is 8.53. The van der Waals surface area contributed by atoms with Crippen molar-refractivity contribution >= 4 is 5.97 Å². The first-order valence-electron chi connectivity index (χ1n) is 4.49. The van der Waals surface area contributed by atoms with Crippen LogP contribution in [-0.2, 0) is 4.79 Å². The largest absolute Gasteiger partial charge is 0.481 e. The molecule has 0 spiro atoms. The van der Waals surface area contributed by atoms with Gasteiger partial charge >= 0.3 is 5.97 Å². The van der Waals surface area contributed by atoms with E-state index in [0.29, 0.717) is 5.56 Å². The maximum atomic E-state index is 12.6. The lowest BCUT2D eigenvalue weighted by atomic mass is 9.98. The summed E-state index contributed by atoms with van der Waals surface area (Å²) in [7, 11) is 0. The van der Waals surface area contributed by atoms with E-state index >= 15 is 0 Å². The standard InChI is InChI=1S/C10H13FN2O2/c11-7-3-1-6(2-4-7)10(13)8(12)5-9(14)15/h1-4,8,10H,5,12-13H2,(H,14,15). The smallest absolute Gasteiger partial charge is 0.304 e. The van der Waals surface area contributed by atoms with Crippen molar-refractivity contribution in [2.75, 3.05) is 0 Å². The van der Waals surface area contributed by atoms with Gasteiger partial charge in [-0.05, 0) is 17.7 Å². The fraction of sp³-hybridized carbons (Fsp3) is 0.300. The van der Waals surface area contributed by atoms with Crippen molar-refractivity contribution in [3.8, 4) is 0 Å². The van der Waals surface area contributed by atoms with Crippen LogP contribution in [0.4, 0.5) is 4.39 Å². The molecule has 82 valence electrons. The van der Waals surface area contributed by atoms with Crippen LogP contribution in [0.3, 0.4) is 0 Å². The molecule has 0 fully saturated rings. The van der Waals surface area contributed by atoms with Gasteiger partial charge in [0.05, 0.1) is 6.42 Å². The number of rotatable bonds is 4. The number of aliphatic carboxylic acids is 1. The van der Waals surface area contributed by atoms with Gasteiger partial charge in [-0.15, -0.1) is 0 Å². The summed E-state index contributed by atoms with van der Waals surface area (Å²) < 4.78 is 12.6. The summed E-state index contributed by atoms with van der Waals surface area (Å²) >= 11 is 0. The normalized spacial score (nSPS) is 14.6. The first kappa shape index (κ1) is 11.6. The summed E-state index contributed by atoms with van der Waals surface area (Å²) in [5.41, 5.74) is 11.9. The lowest BCUT2D eigenvalue weighted by Crippen LogP contribution is -2.36. The highest BCUT2D eigenvalue weighted by Crippen LogP contribution is 2.15. The lowest BCUT2D eigenvalue weighted by Gasteiger charge is -2.18. The van der Waals surface area contributed by atoms with E-state index in [1.165, 1.54) is 24.3 Å². The topological polar surface area (TPSA) is 89.3 Å². The Kier molecular flexibility index (Phi) is 3.76. The summed E-state index contributed by atoms with van der Waals surface area (Å²) in [6, 6.07) is 4.27. The molecule has 1 aromatic carbocycles. The van der Waals surface area contributed by atoms with Crippen molar-refractivity contribution in [1.82, 2.24) is 0 Å². The van der Waals surface area contributed by atoms with E-state index in [-0.39, 0.29) is 12.2 Å². The molecule has 5 heteroatoms. The number of hydrogen-bond donors (Lipinski definition) is 3. The second kappa shape index (κ2) is 4.86. The monoisotopic (exact) mass is 212 g/mol. The summed E-state index contributed by atoms with van der Waals surface area (Å²) in [5.74, 6) is -1.36. The van der Waals surface area contributed by atoms with E-state index in [1.807, 2.05) is 0 Å². The highest BCUT2D eigenvalue weighted by Gasteiger charge is 2.18. The van der Waals surface area contributed by atoms with Crippen LogP contribution in [0.5, 0.6) is 0 Å². The third kappa shape index (κ3) is 3.30. The Morgan fingerprint density at radius 1 is 1.33 bits per heavy atom. The first-order valence-corrected chi connectivity index (χ1v) is 4.49. The van der Waals surface area contributed by atoms with Crippen LogP contribution in [0.25, 0.3) is 0 Å². The average molecular weight is 212 g/mol. The van der Waals surface area contributed by atoms with Crippen LogP contribution in [0, 0.1) is 5.82 Å². The highest BCUT2D eigenvalue weighted by molar-refractivity contribution is 5.67. The fourth-order valence-corrected chi connectivity index (χ4v) is 1.26. The minimum Gasteiger partial charge on any atom is -0.481 e. The minimum absolute atomic E-state index is 0.210. The van der Waals surface area contributed by atoms with E-state index < -0.39 is 18.1 Å². The third-order valence-corrected chi connectivity index (χ3v) is 2.13. The molecule has 2 unspecified atom stereocenters. The van der Waals surface area contributed by atoms with E-state index in [1.54, 1.807) is 0 Å². The second-order valence-electron chi connectivity index (χ2n) is 3.34. The van der Waals surface area contributed by atoms with Gasteiger partial charge in [0.15, 0.2) is 0 Å². The van der Waals surface area contributed by atoms with Gasteiger partial charge in [-0.1, -0.05) is 12.1 Å². The molecular weight excluding hydrogens is 199 g/mol. The molecular formula is C10H13FN2O2. The fourth-order valence-electron chi connectivity index (χ4n) is 1.26. The molecule has 0 heterocycles. The SMILES string of the molecule is NC(CC(=O)O)C(N)c1ccc(F)cc1. The van der Waals surface area contributed by atoms with Crippen molar-refractivity contribution in [2.45, 2.75) is 18.5 Å². The molecule has 0 aliphatic rings. The first-order chi connectivity index (χ1) is 7.00. The lowest BCUT2D eigenvalue weighted by molar-refractivity contribution is -0.137. The molecule has 4 nitrogen and oxygen atoms in total. The molecule has 0 amide bonds. The molecule has 1 aromatic rings. The summed E-state index contributed by atoms with van der Waals surface area (Å²) in [4.78, 5) is 10.4.